The van der Waals surface area contributed by atoms with Crippen molar-refractivity contribution >= 4 is 17.9 Å². The summed E-state index contributed by atoms with van der Waals surface area (Å²) < 4.78 is 16.8. The summed E-state index contributed by atoms with van der Waals surface area (Å²) >= 11 is 0. The molecule has 0 aliphatic rings. The van der Waals surface area contributed by atoms with Gasteiger partial charge in [-0.25, -0.2) is 0 Å². The van der Waals surface area contributed by atoms with Crippen molar-refractivity contribution in [2.45, 2.75) is 271 Å². The number of rotatable bonds is 50. The van der Waals surface area contributed by atoms with Gasteiger partial charge in [0, 0.05) is 19.3 Å². The molecule has 0 bridgehead atoms. The number of hydrogen-bond acceptors (Lipinski definition) is 6. The molecule has 0 saturated carbocycles. The Kier molecular flexibility index (Phi) is 52.4. The summed E-state index contributed by atoms with van der Waals surface area (Å²) in [6.45, 7) is 6.52. The van der Waals surface area contributed by atoms with Crippen molar-refractivity contribution in [1.29, 1.82) is 0 Å². The molecule has 6 heteroatoms. The van der Waals surface area contributed by atoms with E-state index in [0.29, 0.717) is 19.3 Å². The van der Waals surface area contributed by atoms with Gasteiger partial charge in [-0.15, -0.1) is 0 Å². The Morgan fingerprint density at radius 2 is 0.552 bits per heavy atom. The van der Waals surface area contributed by atoms with E-state index in [9.17, 15) is 14.4 Å². The summed E-state index contributed by atoms with van der Waals surface area (Å²) in [5, 5.41) is 0. The largest absolute Gasteiger partial charge is 0.462 e. The fourth-order valence-electron chi connectivity index (χ4n) is 7.58. The number of unbranched alkanes of at least 4 members (excludes halogenated alkanes) is 25. The number of carbonyl (C=O) groups is 3. The van der Waals surface area contributed by atoms with Gasteiger partial charge >= 0.3 is 17.9 Å². The number of ether oxygens (including phenoxy) is 3. The minimum Gasteiger partial charge on any atom is -0.462 e. The topological polar surface area (TPSA) is 78.9 Å². The van der Waals surface area contributed by atoms with Crippen LogP contribution in [0.25, 0.3) is 0 Å². The SMILES string of the molecule is CCCCC/C=C/C/C=C/C/C=C/C/C=C/CCCC(=O)O[C@H](COC(=O)CCCCCCC/C=C/CCCCCC)COC(=O)CCCCCCCCCCC/C=C/C/C=C/CCCCC. The van der Waals surface area contributed by atoms with Gasteiger partial charge in [-0.05, 0) is 116 Å². The second-order valence-corrected chi connectivity index (χ2v) is 18.5. The molecule has 0 fully saturated rings. The van der Waals surface area contributed by atoms with Crippen molar-refractivity contribution in [2.75, 3.05) is 13.2 Å². The predicted molar refractivity (Wildman–Crippen MR) is 288 cm³/mol. The zero-order chi connectivity index (χ0) is 48.6. The van der Waals surface area contributed by atoms with Crippen molar-refractivity contribution in [2.24, 2.45) is 0 Å². The zero-order valence-corrected chi connectivity index (χ0v) is 43.9. The highest BCUT2D eigenvalue weighted by Crippen LogP contribution is 2.14. The van der Waals surface area contributed by atoms with E-state index in [0.717, 1.165) is 83.5 Å². The molecular weight excluding hydrogens is 829 g/mol. The first-order chi connectivity index (χ1) is 33.0. The van der Waals surface area contributed by atoms with Gasteiger partial charge in [0.05, 0.1) is 0 Å². The number of carbonyl (C=O) groups excluding carboxylic acids is 3. The highest BCUT2D eigenvalue weighted by atomic mass is 16.6. The normalized spacial score (nSPS) is 12.7. The summed E-state index contributed by atoms with van der Waals surface area (Å²) in [5.74, 6) is -0.969. The number of esters is 3. The predicted octanol–water partition coefficient (Wildman–Crippen LogP) is 18.8. The molecule has 0 spiro atoms. The minimum atomic E-state index is -0.810. The Morgan fingerprint density at radius 1 is 0.299 bits per heavy atom. The van der Waals surface area contributed by atoms with Gasteiger partial charge in [0.15, 0.2) is 6.10 Å². The van der Waals surface area contributed by atoms with E-state index in [-0.39, 0.29) is 37.5 Å². The highest BCUT2D eigenvalue weighted by Gasteiger charge is 2.19. The Hall–Kier alpha value is -3.41. The van der Waals surface area contributed by atoms with Gasteiger partial charge in [-0.2, -0.15) is 0 Å². The van der Waals surface area contributed by atoms with Crippen LogP contribution in [0.2, 0.25) is 0 Å². The van der Waals surface area contributed by atoms with Gasteiger partial charge in [-0.3, -0.25) is 14.4 Å². The molecule has 0 heterocycles. The molecule has 0 aliphatic carbocycles. The Balaban J connectivity index is 4.46. The summed E-state index contributed by atoms with van der Waals surface area (Å²) in [6, 6.07) is 0. The summed E-state index contributed by atoms with van der Waals surface area (Å²) in [5.41, 5.74) is 0. The van der Waals surface area contributed by atoms with Crippen LogP contribution < -0.4 is 0 Å². The lowest BCUT2D eigenvalue weighted by atomic mass is 10.1. The molecule has 1 atom stereocenters. The second kappa shape index (κ2) is 55.2. The van der Waals surface area contributed by atoms with Crippen LogP contribution in [0.15, 0.2) is 85.1 Å². The second-order valence-electron chi connectivity index (χ2n) is 18.5. The third-order valence-electron chi connectivity index (χ3n) is 11.8. The molecule has 0 aromatic rings. The smallest absolute Gasteiger partial charge is 0.306 e. The third kappa shape index (κ3) is 53.4. The molecule has 0 aliphatic heterocycles. The Morgan fingerprint density at radius 3 is 0.925 bits per heavy atom. The van der Waals surface area contributed by atoms with Crippen LogP contribution >= 0.6 is 0 Å². The molecular formula is C61H104O6. The third-order valence-corrected chi connectivity index (χ3v) is 11.8. The molecule has 0 saturated heterocycles. The van der Waals surface area contributed by atoms with Crippen LogP contribution in [0.3, 0.4) is 0 Å². The van der Waals surface area contributed by atoms with Crippen molar-refractivity contribution in [3.63, 3.8) is 0 Å². The standard InChI is InChI=1S/C61H104O6/c1-4-7-10-13-16-19-22-25-27-29-30-32-33-36-39-42-45-48-51-54-60(63)66-57-58(56-65-59(62)53-50-47-44-41-38-35-24-21-18-15-12-9-6-3)67-61(64)55-52-49-46-43-40-37-34-31-28-26-23-20-17-14-11-8-5-2/h16-17,19-21,24-28,34,37,43,46,58H,4-15,18,22-23,29-33,35-36,38-42,44-45,47-57H2,1-3H3/b19-16+,20-17+,24-21+,27-25+,28-26+,37-34+,46-43+/t58-/m1/s1. The quantitative estimate of drug-likeness (QED) is 0.0262. The zero-order valence-electron chi connectivity index (χ0n) is 43.9. The van der Waals surface area contributed by atoms with Crippen LogP contribution in [0.5, 0.6) is 0 Å². The summed E-state index contributed by atoms with van der Waals surface area (Å²) in [7, 11) is 0. The van der Waals surface area contributed by atoms with E-state index in [4.69, 9.17) is 14.2 Å². The molecule has 0 unspecified atom stereocenters. The van der Waals surface area contributed by atoms with E-state index in [2.05, 4.69) is 106 Å². The Bertz CT molecular complexity index is 1300. The van der Waals surface area contributed by atoms with E-state index in [1.807, 2.05) is 0 Å². The van der Waals surface area contributed by atoms with Gasteiger partial charge in [0.1, 0.15) is 13.2 Å². The minimum absolute atomic E-state index is 0.103. The van der Waals surface area contributed by atoms with E-state index in [1.54, 1.807) is 0 Å². The van der Waals surface area contributed by atoms with E-state index in [1.165, 1.54) is 135 Å². The fraction of sp³-hybridized carbons (Fsp3) is 0.721. The number of allylic oxidation sites excluding steroid dienone is 14. The van der Waals surface area contributed by atoms with Gasteiger partial charge in [-0.1, -0.05) is 215 Å². The fourth-order valence-corrected chi connectivity index (χ4v) is 7.58. The van der Waals surface area contributed by atoms with Crippen LogP contribution in [0.1, 0.15) is 265 Å². The van der Waals surface area contributed by atoms with Gasteiger partial charge < -0.3 is 14.2 Å². The first kappa shape index (κ1) is 63.6. The van der Waals surface area contributed by atoms with Crippen LogP contribution in [-0.2, 0) is 28.6 Å². The van der Waals surface area contributed by atoms with Gasteiger partial charge in [0.2, 0.25) is 0 Å². The van der Waals surface area contributed by atoms with Crippen LogP contribution in [-0.4, -0.2) is 37.2 Å². The Labute approximate surface area is 414 Å². The van der Waals surface area contributed by atoms with Crippen molar-refractivity contribution in [1.82, 2.24) is 0 Å². The average molecular weight is 933 g/mol. The maximum atomic E-state index is 12.8. The molecule has 0 N–H and O–H groups in total. The summed E-state index contributed by atoms with van der Waals surface area (Å²) in [6.07, 6.45) is 71.4. The van der Waals surface area contributed by atoms with Crippen LogP contribution in [0.4, 0.5) is 0 Å². The van der Waals surface area contributed by atoms with E-state index >= 15 is 0 Å². The molecule has 0 rings (SSSR count). The van der Waals surface area contributed by atoms with Crippen molar-refractivity contribution in [3.8, 4) is 0 Å². The lowest BCUT2D eigenvalue weighted by Gasteiger charge is -2.18. The molecule has 384 valence electrons. The first-order valence-electron chi connectivity index (χ1n) is 28.1. The van der Waals surface area contributed by atoms with Gasteiger partial charge in [0.25, 0.3) is 0 Å². The summed E-state index contributed by atoms with van der Waals surface area (Å²) in [4.78, 5) is 38.1. The molecule has 67 heavy (non-hydrogen) atoms. The average Bonchev–Trinajstić information content (AvgIpc) is 3.33. The molecule has 6 nitrogen and oxygen atoms in total. The van der Waals surface area contributed by atoms with Crippen molar-refractivity contribution in [3.05, 3.63) is 85.1 Å². The molecule has 0 amide bonds. The van der Waals surface area contributed by atoms with Crippen LogP contribution in [0, 0.1) is 0 Å². The van der Waals surface area contributed by atoms with Crippen molar-refractivity contribution < 1.29 is 28.6 Å². The first-order valence-corrected chi connectivity index (χ1v) is 28.1. The number of hydrogen-bond donors (Lipinski definition) is 0. The lowest BCUT2D eigenvalue weighted by Crippen LogP contribution is -2.30. The highest BCUT2D eigenvalue weighted by molar-refractivity contribution is 5.71. The monoisotopic (exact) mass is 933 g/mol. The lowest BCUT2D eigenvalue weighted by molar-refractivity contribution is -0.167. The molecule has 0 aromatic carbocycles. The van der Waals surface area contributed by atoms with E-state index < -0.39 is 6.10 Å². The molecule has 0 aromatic heterocycles. The maximum absolute atomic E-state index is 12.8. The molecule has 0 radical (unpaired) electrons. The maximum Gasteiger partial charge on any atom is 0.306 e.